The van der Waals surface area contributed by atoms with Gasteiger partial charge in [0, 0.05) is 22.0 Å². The minimum Gasteiger partial charge on any atom is -0.384 e. The van der Waals surface area contributed by atoms with Gasteiger partial charge in [0.25, 0.3) is 0 Å². The second-order valence-corrected chi connectivity index (χ2v) is 6.60. The molecule has 1 aromatic carbocycles. The van der Waals surface area contributed by atoms with Gasteiger partial charge in [-0.1, -0.05) is 37.0 Å². The molecule has 2 atom stereocenters. The molecule has 19 heavy (non-hydrogen) atoms. The monoisotopic (exact) mass is 295 g/mol. The summed E-state index contributed by atoms with van der Waals surface area (Å²) in [6, 6.07) is 7.62. The molecule has 1 fully saturated rings. The average Bonchev–Trinajstić information content (AvgIpc) is 2.63. The number of anilines is 1. The Morgan fingerprint density at radius 3 is 2.26 bits per heavy atom. The Balaban J connectivity index is 1.98. The Morgan fingerprint density at radius 2 is 1.74 bits per heavy atom. The SMILES string of the molecule is CC1(C)[C@H](c2cc(Cl)cc(Cl)c2)[C@H]1c1cc(N)[nH]n1. The number of nitrogen functional groups attached to an aromatic ring is 1. The van der Waals surface area contributed by atoms with Gasteiger partial charge in [-0.15, -0.1) is 0 Å². The van der Waals surface area contributed by atoms with Crippen molar-refractivity contribution in [3.8, 4) is 0 Å². The van der Waals surface area contributed by atoms with Crippen molar-refractivity contribution in [2.75, 3.05) is 5.73 Å². The highest BCUT2D eigenvalue weighted by molar-refractivity contribution is 6.34. The van der Waals surface area contributed by atoms with E-state index in [9.17, 15) is 0 Å². The summed E-state index contributed by atoms with van der Waals surface area (Å²) in [5.74, 6) is 1.31. The van der Waals surface area contributed by atoms with Crippen molar-refractivity contribution in [3.05, 3.63) is 45.6 Å². The highest BCUT2D eigenvalue weighted by Crippen LogP contribution is 2.69. The molecule has 100 valence electrons. The van der Waals surface area contributed by atoms with Crippen LogP contribution in [0, 0.1) is 5.41 Å². The summed E-state index contributed by atoms with van der Waals surface area (Å²) >= 11 is 12.2. The van der Waals surface area contributed by atoms with Crippen molar-refractivity contribution in [1.29, 1.82) is 0 Å². The summed E-state index contributed by atoms with van der Waals surface area (Å²) in [6.07, 6.45) is 0. The predicted octanol–water partition coefficient (Wildman–Crippen LogP) is 4.21. The fourth-order valence-corrected chi connectivity index (χ4v) is 3.62. The Hall–Kier alpha value is -1.19. The third-order valence-corrected chi connectivity index (χ3v) is 4.44. The van der Waals surface area contributed by atoms with Gasteiger partial charge in [0.15, 0.2) is 0 Å². The fourth-order valence-electron chi connectivity index (χ4n) is 3.08. The number of nitrogens with one attached hydrogen (secondary N) is 1. The number of H-pyrrole nitrogens is 1. The minimum absolute atomic E-state index is 0.135. The molecule has 1 aliphatic rings. The zero-order valence-corrected chi connectivity index (χ0v) is 12.3. The fraction of sp³-hybridized carbons (Fsp3) is 0.357. The Labute approximate surface area is 122 Å². The van der Waals surface area contributed by atoms with Crippen LogP contribution in [0.1, 0.15) is 36.9 Å². The first-order valence-corrected chi connectivity index (χ1v) is 6.92. The minimum atomic E-state index is 0.135. The zero-order chi connectivity index (χ0) is 13.8. The number of rotatable bonds is 2. The lowest BCUT2D eigenvalue weighted by Crippen LogP contribution is -1.91. The van der Waals surface area contributed by atoms with Crippen LogP contribution in [0.3, 0.4) is 0 Å². The molecule has 1 heterocycles. The molecule has 0 saturated heterocycles. The predicted molar refractivity (Wildman–Crippen MR) is 78.7 cm³/mol. The van der Waals surface area contributed by atoms with Crippen LogP contribution in [0.25, 0.3) is 0 Å². The third-order valence-electron chi connectivity index (χ3n) is 4.01. The van der Waals surface area contributed by atoms with Crippen LogP contribution in [0.2, 0.25) is 10.0 Å². The maximum Gasteiger partial charge on any atom is 0.119 e. The van der Waals surface area contributed by atoms with E-state index in [-0.39, 0.29) is 5.41 Å². The standard InChI is InChI=1S/C14H15Cl2N3/c1-14(2)12(7-3-8(15)5-9(16)4-7)13(14)10-6-11(17)19-18-10/h3-6,12-13H,1-2H3,(H3,17,18,19)/t12-,13-/m1/s1. The van der Waals surface area contributed by atoms with E-state index in [1.807, 2.05) is 18.2 Å². The molecule has 0 aliphatic heterocycles. The molecule has 0 spiro atoms. The van der Waals surface area contributed by atoms with E-state index >= 15 is 0 Å². The maximum absolute atomic E-state index is 6.09. The molecule has 3 N–H and O–H groups in total. The molecular formula is C14H15Cl2N3. The van der Waals surface area contributed by atoms with Crippen LogP contribution in [0.15, 0.2) is 24.3 Å². The molecule has 1 aromatic heterocycles. The van der Waals surface area contributed by atoms with Crippen LogP contribution < -0.4 is 5.73 Å². The van der Waals surface area contributed by atoms with Crippen molar-refractivity contribution < 1.29 is 0 Å². The van der Waals surface area contributed by atoms with E-state index in [1.54, 1.807) is 6.07 Å². The van der Waals surface area contributed by atoms with Crippen LogP contribution in [0.5, 0.6) is 0 Å². The maximum atomic E-state index is 6.09. The van der Waals surface area contributed by atoms with Crippen LogP contribution >= 0.6 is 23.2 Å². The molecule has 0 radical (unpaired) electrons. The van der Waals surface area contributed by atoms with Gasteiger partial charge in [-0.2, -0.15) is 5.10 Å². The zero-order valence-electron chi connectivity index (χ0n) is 10.7. The molecule has 3 nitrogen and oxygen atoms in total. The van der Waals surface area contributed by atoms with E-state index in [1.165, 1.54) is 0 Å². The highest BCUT2D eigenvalue weighted by atomic mass is 35.5. The van der Waals surface area contributed by atoms with Gasteiger partial charge >= 0.3 is 0 Å². The van der Waals surface area contributed by atoms with E-state index < -0.39 is 0 Å². The number of benzene rings is 1. The first kappa shape index (κ1) is 12.8. The van der Waals surface area contributed by atoms with Gasteiger partial charge in [-0.3, -0.25) is 5.10 Å². The van der Waals surface area contributed by atoms with Crippen molar-refractivity contribution in [2.45, 2.75) is 25.7 Å². The summed E-state index contributed by atoms with van der Waals surface area (Å²) in [6.45, 7) is 4.45. The lowest BCUT2D eigenvalue weighted by molar-refractivity contribution is 0.597. The second-order valence-electron chi connectivity index (χ2n) is 5.73. The van der Waals surface area contributed by atoms with Crippen molar-refractivity contribution in [3.63, 3.8) is 0 Å². The topological polar surface area (TPSA) is 54.7 Å². The van der Waals surface area contributed by atoms with E-state index in [0.717, 1.165) is 11.3 Å². The molecule has 0 unspecified atom stereocenters. The highest BCUT2D eigenvalue weighted by Gasteiger charge is 2.60. The largest absolute Gasteiger partial charge is 0.384 e. The molecule has 0 bridgehead atoms. The van der Waals surface area contributed by atoms with Gasteiger partial charge in [0.05, 0.1) is 5.69 Å². The number of hydrogen-bond donors (Lipinski definition) is 2. The molecular weight excluding hydrogens is 281 g/mol. The van der Waals surface area contributed by atoms with Crippen LogP contribution in [-0.2, 0) is 0 Å². The van der Waals surface area contributed by atoms with Crippen molar-refractivity contribution in [2.24, 2.45) is 5.41 Å². The number of hydrogen-bond acceptors (Lipinski definition) is 2. The summed E-state index contributed by atoms with van der Waals surface area (Å²) in [4.78, 5) is 0. The van der Waals surface area contributed by atoms with Crippen LogP contribution in [-0.4, -0.2) is 10.2 Å². The van der Waals surface area contributed by atoms with Crippen LogP contribution in [0.4, 0.5) is 5.82 Å². The summed E-state index contributed by atoms with van der Waals surface area (Å²) in [7, 11) is 0. The van der Waals surface area contributed by atoms with Crippen molar-refractivity contribution >= 4 is 29.0 Å². The Kier molecular flexibility index (Phi) is 2.80. The second kappa shape index (κ2) is 4.15. The number of nitrogens with two attached hydrogens (primary N) is 1. The van der Waals surface area contributed by atoms with Gasteiger partial charge in [0.2, 0.25) is 0 Å². The first-order chi connectivity index (χ1) is 8.89. The molecule has 0 amide bonds. The number of aromatic nitrogens is 2. The number of halogens is 2. The lowest BCUT2D eigenvalue weighted by Gasteiger charge is -2.04. The summed E-state index contributed by atoms with van der Waals surface area (Å²) < 4.78 is 0. The molecule has 2 aromatic rings. The summed E-state index contributed by atoms with van der Waals surface area (Å²) in [5, 5.41) is 8.42. The van der Waals surface area contributed by atoms with Gasteiger partial charge in [0.1, 0.15) is 5.82 Å². The normalized spacial score (nSPS) is 24.4. The average molecular weight is 296 g/mol. The first-order valence-electron chi connectivity index (χ1n) is 6.16. The van der Waals surface area contributed by atoms with E-state index in [2.05, 4.69) is 24.0 Å². The van der Waals surface area contributed by atoms with E-state index in [0.29, 0.717) is 27.7 Å². The smallest absolute Gasteiger partial charge is 0.119 e. The number of aromatic amines is 1. The van der Waals surface area contributed by atoms with Gasteiger partial charge in [-0.05, 0) is 35.1 Å². The Bertz CT molecular complexity index is 613. The number of nitrogens with zero attached hydrogens (tertiary/aromatic N) is 1. The van der Waals surface area contributed by atoms with Gasteiger partial charge < -0.3 is 5.73 Å². The Morgan fingerprint density at radius 1 is 1.11 bits per heavy atom. The molecule has 1 aliphatic carbocycles. The molecule has 3 rings (SSSR count). The van der Waals surface area contributed by atoms with Crippen molar-refractivity contribution in [1.82, 2.24) is 10.2 Å². The van der Waals surface area contributed by atoms with Gasteiger partial charge in [-0.25, -0.2) is 0 Å². The summed E-state index contributed by atoms with van der Waals surface area (Å²) in [5.41, 5.74) is 8.00. The molecule has 1 saturated carbocycles. The lowest BCUT2D eigenvalue weighted by atomic mass is 10.0. The quantitative estimate of drug-likeness (QED) is 0.872. The third kappa shape index (κ3) is 2.11. The van der Waals surface area contributed by atoms with E-state index in [4.69, 9.17) is 28.9 Å². The molecule has 5 heteroatoms.